The number of methoxy groups -OCH3 is 1. The number of pyridine rings is 1. The Labute approximate surface area is 94.2 Å². The third-order valence-corrected chi connectivity index (χ3v) is 2.71. The van der Waals surface area contributed by atoms with Gasteiger partial charge in [-0.2, -0.15) is 0 Å². The minimum Gasteiger partial charge on any atom is -0.480 e. The molecular weight excluding hydrogens is 206 g/mol. The first-order valence-electron chi connectivity index (χ1n) is 5.26. The molecule has 1 amide bonds. The topological polar surface area (TPSA) is 68.5 Å². The average molecular weight is 221 g/mol. The van der Waals surface area contributed by atoms with Gasteiger partial charge >= 0.3 is 0 Å². The van der Waals surface area contributed by atoms with Crippen LogP contribution in [0, 0.1) is 0 Å². The zero-order chi connectivity index (χ0) is 11.5. The normalized spacial score (nSPS) is 19.9. The fraction of sp³-hybridized carbons (Fsp3) is 0.455. The molecule has 5 nitrogen and oxygen atoms in total. The molecule has 0 spiro atoms. The van der Waals surface area contributed by atoms with Crippen molar-refractivity contribution in [3.05, 3.63) is 23.9 Å². The first-order chi connectivity index (χ1) is 7.72. The summed E-state index contributed by atoms with van der Waals surface area (Å²) >= 11 is 0. The second kappa shape index (κ2) is 4.49. The van der Waals surface area contributed by atoms with Gasteiger partial charge in [0.25, 0.3) is 5.91 Å². The number of amides is 1. The first kappa shape index (κ1) is 10.9. The van der Waals surface area contributed by atoms with Crippen LogP contribution in [0.2, 0.25) is 0 Å². The number of nitrogens with zero attached hydrogens (tertiary/aromatic N) is 2. The number of aromatic nitrogens is 1. The number of carbonyl (C=O) groups excluding carboxylic acids is 1. The molecule has 16 heavy (non-hydrogen) atoms. The quantitative estimate of drug-likeness (QED) is 0.778. The number of hydrogen-bond acceptors (Lipinski definition) is 4. The van der Waals surface area contributed by atoms with Gasteiger partial charge in [0, 0.05) is 25.3 Å². The Bertz CT molecular complexity index is 395. The van der Waals surface area contributed by atoms with Gasteiger partial charge in [-0.1, -0.05) is 0 Å². The number of hydrogen-bond donors (Lipinski definition) is 1. The van der Waals surface area contributed by atoms with Gasteiger partial charge in [-0.05, 0) is 18.6 Å². The van der Waals surface area contributed by atoms with Gasteiger partial charge in [0.15, 0.2) is 0 Å². The van der Waals surface area contributed by atoms with Gasteiger partial charge in [0.2, 0.25) is 5.88 Å². The maximum atomic E-state index is 12.1. The van der Waals surface area contributed by atoms with E-state index in [4.69, 9.17) is 10.5 Å². The molecule has 0 saturated carbocycles. The molecule has 1 aliphatic rings. The molecule has 2 N–H and O–H groups in total. The number of likely N-dealkylation sites (tertiary alicyclic amines) is 1. The van der Waals surface area contributed by atoms with Crippen molar-refractivity contribution >= 4 is 5.91 Å². The van der Waals surface area contributed by atoms with Crippen LogP contribution in [0.1, 0.15) is 16.8 Å². The highest BCUT2D eigenvalue weighted by molar-refractivity contribution is 5.96. The highest BCUT2D eigenvalue weighted by Gasteiger charge is 2.26. The molecule has 2 heterocycles. The van der Waals surface area contributed by atoms with Crippen LogP contribution in [0.25, 0.3) is 0 Å². The second-order valence-electron chi connectivity index (χ2n) is 3.86. The van der Waals surface area contributed by atoms with E-state index in [2.05, 4.69) is 4.98 Å². The lowest BCUT2D eigenvalue weighted by Crippen LogP contribution is -2.32. The van der Waals surface area contributed by atoms with Crippen LogP contribution < -0.4 is 10.5 Å². The lowest BCUT2D eigenvalue weighted by Gasteiger charge is -2.16. The maximum absolute atomic E-state index is 12.1. The van der Waals surface area contributed by atoms with E-state index < -0.39 is 0 Å². The molecule has 1 aromatic rings. The standard InChI is InChI=1S/C11H15N3O2/c1-16-10-9(3-2-5-13-10)11(15)14-6-4-8(12)7-14/h2-3,5,8H,4,6-7,12H2,1H3/t8-/m1/s1. The van der Waals surface area contributed by atoms with Crippen LogP contribution in [-0.4, -0.2) is 42.0 Å². The summed E-state index contributed by atoms with van der Waals surface area (Å²) in [7, 11) is 1.51. The molecule has 0 aliphatic carbocycles. The molecule has 1 fully saturated rings. The van der Waals surface area contributed by atoms with Gasteiger partial charge < -0.3 is 15.4 Å². The number of ether oxygens (including phenoxy) is 1. The molecule has 1 aromatic heterocycles. The van der Waals surface area contributed by atoms with Crippen LogP contribution in [0.4, 0.5) is 0 Å². The second-order valence-corrected chi connectivity index (χ2v) is 3.86. The lowest BCUT2D eigenvalue weighted by atomic mass is 10.2. The summed E-state index contributed by atoms with van der Waals surface area (Å²) in [5, 5.41) is 0. The largest absolute Gasteiger partial charge is 0.480 e. The zero-order valence-corrected chi connectivity index (χ0v) is 9.22. The monoisotopic (exact) mass is 221 g/mol. The number of nitrogens with two attached hydrogens (primary N) is 1. The molecule has 1 saturated heterocycles. The molecule has 0 aromatic carbocycles. The van der Waals surface area contributed by atoms with Crippen LogP contribution in [0.5, 0.6) is 5.88 Å². The van der Waals surface area contributed by atoms with Crippen molar-refractivity contribution in [1.82, 2.24) is 9.88 Å². The van der Waals surface area contributed by atoms with Crippen molar-refractivity contribution in [2.75, 3.05) is 20.2 Å². The van der Waals surface area contributed by atoms with Crippen molar-refractivity contribution in [2.24, 2.45) is 5.73 Å². The van der Waals surface area contributed by atoms with E-state index in [0.29, 0.717) is 24.5 Å². The van der Waals surface area contributed by atoms with E-state index in [9.17, 15) is 4.79 Å². The fourth-order valence-corrected chi connectivity index (χ4v) is 1.86. The third-order valence-electron chi connectivity index (χ3n) is 2.71. The van der Waals surface area contributed by atoms with E-state index >= 15 is 0 Å². The Morgan fingerprint density at radius 2 is 2.50 bits per heavy atom. The Hall–Kier alpha value is -1.62. The van der Waals surface area contributed by atoms with Crippen LogP contribution in [0.3, 0.4) is 0 Å². The van der Waals surface area contributed by atoms with Crippen molar-refractivity contribution in [3.63, 3.8) is 0 Å². The molecule has 0 unspecified atom stereocenters. The molecule has 2 rings (SSSR count). The van der Waals surface area contributed by atoms with E-state index in [1.807, 2.05) is 0 Å². The van der Waals surface area contributed by atoms with Crippen LogP contribution in [-0.2, 0) is 0 Å². The Kier molecular flexibility index (Phi) is 3.05. The molecule has 0 bridgehead atoms. The minimum atomic E-state index is -0.0575. The van der Waals surface area contributed by atoms with Crippen molar-refractivity contribution in [2.45, 2.75) is 12.5 Å². The zero-order valence-electron chi connectivity index (χ0n) is 9.22. The number of rotatable bonds is 2. The average Bonchev–Trinajstić information content (AvgIpc) is 2.75. The molecule has 1 aliphatic heterocycles. The summed E-state index contributed by atoms with van der Waals surface area (Å²) in [5.74, 6) is 0.311. The molecule has 5 heteroatoms. The number of carbonyl (C=O) groups is 1. The van der Waals surface area contributed by atoms with Gasteiger partial charge in [-0.3, -0.25) is 4.79 Å². The molecule has 1 atom stereocenters. The Balaban J connectivity index is 2.20. The first-order valence-corrected chi connectivity index (χ1v) is 5.26. The van der Waals surface area contributed by atoms with Crippen LogP contribution >= 0.6 is 0 Å². The summed E-state index contributed by atoms with van der Waals surface area (Å²) in [6.45, 7) is 1.31. The van der Waals surface area contributed by atoms with Gasteiger partial charge in [0.1, 0.15) is 5.56 Å². The van der Waals surface area contributed by atoms with E-state index in [1.165, 1.54) is 7.11 Å². The Morgan fingerprint density at radius 1 is 1.69 bits per heavy atom. The third kappa shape index (κ3) is 1.99. The smallest absolute Gasteiger partial charge is 0.259 e. The summed E-state index contributed by atoms with van der Waals surface area (Å²) in [6, 6.07) is 3.54. The van der Waals surface area contributed by atoms with Crippen molar-refractivity contribution in [1.29, 1.82) is 0 Å². The summed E-state index contributed by atoms with van der Waals surface area (Å²) in [6.07, 6.45) is 2.46. The van der Waals surface area contributed by atoms with Crippen molar-refractivity contribution in [3.8, 4) is 5.88 Å². The summed E-state index contributed by atoms with van der Waals surface area (Å²) < 4.78 is 5.06. The maximum Gasteiger partial charge on any atom is 0.259 e. The summed E-state index contributed by atoms with van der Waals surface area (Å²) in [4.78, 5) is 17.9. The highest BCUT2D eigenvalue weighted by Crippen LogP contribution is 2.18. The van der Waals surface area contributed by atoms with Crippen molar-refractivity contribution < 1.29 is 9.53 Å². The SMILES string of the molecule is COc1ncccc1C(=O)N1CC[C@@H](N)C1. The molecule has 86 valence electrons. The van der Waals surface area contributed by atoms with E-state index in [1.54, 1.807) is 23.2 Å². The summed E-state index contributed by atoms with van der Waals surface area (Å²) in [5.41, 5.74) is 6.27. The Morgan fingerprint density at radius 3 is 3.12 bits per heavy atom. The van der Waals surface area contributed by atoms with Gasteiger partial charge in [-0.15, -0.1) is 0 Å². The van der Waals surface area contributed by atoms with Gasteiger partial charge in [-0.25, -0.2) is 4.98 Å². The van der Waals surface area contributed by atoms with E-state index in [0.717, 1.165) is 6.42 Å². The van der Waals surface area contributed by atoms with Crippen LogP contribution in [0.15, 0.2) is 18.3 Å². The molecule has 0 radical (unpaired) electrons. The van der Waals surface area contributed by atoms with Gasteiger partial charge in [0.05, 0.1) is 7.11 Å². The van der Waals surface area contributed by atoms with E-state index in [-0.39, 0.29) is 11.9 Å². The molecular formula is C11H15N3O2. The minimum absolute atomic E-state index is 0.0575. The fourth-order valence-electron chi connectivity index (χ4n) is 1.86. The highest BCUT2D eigenvalue weighted by atomic mass is 16.5. The predicted octanol–water partition coefficient (Wildman–Crippen LogP) is 0.263. The lowest BCUT2D eigenvalue weighted by molar-refractivity contribution is 0.0786. The predicted molar refractivity (Wildman–Crippen MR) is 59.3 cm³/mol.